The summed E-state index contributed by atoms with van der Waals surface area (Å²) in [5.41, 5.74) is 3.51. The van der Waals surface area contributed by atoms with Crippen molar-refractivity contribution in [2.75, 3.05) is 13.7 Å². The number of rotatable bonds is 6. The van der Waals surface area contributed by atoms with Crippen molar-refractivity contribution in [1.29, 1.82) is 0 Å². The van der Waals surface area contributed by atoms with Gasteiger partial charge in [-0.05, 0) is 35.4 Å². The Labute approximate surface area is 168 Å². The van der Waals surface area contributed by atoms with Gasteiger partial charge in [0.25, 0.3) is 5.91 Å². The van der Waals surface area contributed by atoms with E-state index >= 15 is 0 Å². The van der Waals surface area contributed by atoms with Gasteiger partial charge in [-0.3, -0.25) is 4.79 Å². The van der Waals surface area contributed by atoms with Gasteiger partial charge in [-0.25, -0.2) is 4.39 Å². The Bertz CT molecular complexity index is 1140. The Morgan fingerprint density at radius 1 is 1.07 bits per heavy atom. The molecular formula is C24H21FN2O2. The average Bonchev–Trinajstić information content (AvgIpc) is 3.18. The van der Waals surface area contributed by atoms with Crippen LogP contribution in [-0.2, 0) is 0 Å². The molecule has 29 heavy (non-hydrogen) atoms. The van der Waals surface area contributed by atoms with E-state index in [0.717, 1.165) is 22.0 Å². The lowest BCUT2D eigenvalue weighted by Gasteiger charge is -2.18. The van der Waals surface area contributed by atoms with Crippen LogP contribution >= 0.6 is 0 Å². The molecule has 0 radical (unpaired) electrons. The predicted octanol–water partition coefficient (Wildman–Crippen LogP) is 4.88. The van der Waals surface area contributed by atoms with Crippen LogP contribution < -0.4 is 10.1 Å². The monoisotopic (exact) mass is 388 g/mol. The number of amides is 1. The minimum atomic E-state index is -0.559. The van der Waals surface area contributed by atoms with Crippen molar-refractivity contribution >= 4 is 16.8 Å². The molecule has 0 fully saturated rings. The van der Waals surface area contributed by atoms with E-state index in [2.05, 4.69) is 16.4 Å². The van der Waals surface area contributed by atoms with Gasteiger partial charge in [0, 0.05) is 35.1 Å². The van der Waals surface area contributed by atoms with Crippen LogP contribution in [0.2, 0.25) is 0 Å². The molecule has 0 spiro atoms. The van der Waals surface area contributed by atoms with Gasteiger partial charge in [0.05, 0.1) is 7.11 Å². The van der Waals surface area contributed by atoms with E-state index in [4.69, 9.17) is 4.74 Å². The van der Waals surface area contributed by atoms with Gasteiger partial charge in [0.15, 0.2) is 11.6 Å². The van der Waals surface area contributed by atoms with E-state index < -0.39 is 5.82 Å². The van der Waals surface area contributed by atoms with Gasteiger partial charge in [0.1, 0.15) is 0 Å². The molecule has 4 nitrogen and oxygen atoms in total. The quantitative estimate of drug-likeness (QED) is 0.495. The van der Waals surface area contributed by atoms with Crippen molar-refractivity contribution < 1.29 is 13.9 Å². The summed E-state index contributed by atoms with van der Waals surface area (Å²) in [6.45, 7) is 0.387. The molecule has 1 aromatic heterocycles. The number of para-hydroxylation sites is 1. The summed E-state index contributed by atoms with van der Waals surface area (Å²) >= 11 is 0. The van der Waals surface area contributed by atoms with Crippen molar-refractivity contribution in [1.82, 2.24) is 10.3 Å². The summed E-state index contributed by atoms with van der Waals surface area (Å²) < 4.78 is 18.9. The smallest absolute Gasteiger partial charge is 0.251 e. The number of aromatic nitrogens is 1. The number of nitrogens with one attached hydrogen (secondary N) is 2. The number of halogens is 1. The normalized spacial score (nSPS) is 11.9. The van der Waals surface area contributed by atoms with Gasteiger partial charge >= 0.3 is 0 Å². The first kappa shape index (κ1) is 18.7. The number of hydrogen-bond acceptors (Lipinski definition) is 2. The summed E-state index contributed by atoms with van der Waals surface area (Å²) in [5, 5.41) is 4.07. The first-order valence-corrected chi connectivity index (χ1v) is 9.40. The highest BCUT2D eigenvalue weighted by Gasteiger charge is 2.19. The number of ether oxygens (including phenoxy) is 1. The fraction of sp³-hybridized carbons (Fsp3) is 0.125. The van der Waals surface area contributed by atoms with Crippen LogP contribution in [0.3, 0.4) is 0 Å². The van der Waals surface area contributed by atoms with Gasteiger partial charge in [-0.2, -0.15) is 0 Å². The zero-order chi connectivity index (χ0) is 20.2. The number of methoxy groups -OCH3 is 1. The minimum absolute atomic E-state index is 0.0422. The Balaban J connectivity index is 1.61. The molecule has 2 N–H and O–H groups in total. The highest BCUT2D eigenvalue weighted by atomic mass is 19.1. The summed E-state index contributed by atoms with van der Waals surface area (Å²) in [6.07, 6.45) is 1.99. The molecule has 4 rings (SSSR count). The van der Waals surface area contributed by atoms with Crippen LogP contribution in [0.1, 0.15) is 27.4 Å². The van der Waals surface area contributed by atoms with Gasteiger partial charge in [-0.1, -0.05) is 48.5 Å². The summed E-state index contributed by atoms with van der Waals surface area (Å²) in [5.74, 6) is -0.814. The molecule has 0 saturated heterocycles. The van der Waals surface area contributed by atoms with E-state index in [1.54, 1.807) is 6.07 Å². The van der Waals surface area contributed by atoms with E-state index in [-0.39, 0.29) is 23.1 Å². The maximum absolute atomic E-state index is 14.0. The first-order chi connectivity index (χ1) is 14.2. The summed E-state index contributed by atoms with van der Waals surface area (Å²) in [6, 6.07) is 22.3. The van der Waals surface area contributed by atoms with Crippen LogP contribution in [0.25, 0.3) is 10.9 Å². The second-order valence-electron chi connectivity index (χ2n) is 6.81. The first-order valence-electron chi connectivity index (χ1n) is 9.40. The molecule has 1 unspecified atom stereocenters. The molecule has 0 aliphatic carbocycles. The molecule has 1 heterocycles. The molecule has 4 aromatic rings. The van der Waals surface area contributed by atoms with Crippen molar-refractivity contribution in [3.63, 3.8) is 0 Å². The fourth-order valence-corrected chi connectivity index (χ4v) is 3.58. The molecular weight excluding hydrogens is 367 g/mol. The van der Waals surface area contributed by atoms with E-state index in [0.29, 0.717) is 6.54 Å². The second kappa shape index (κ2) is 8.19. The van der Waals surface area contributed by atoms with Gasteiger partial charge in [-0.15, -0.1) is 0 Å². The zero-order valence-corrected chi connectivity index (χ0v) is 16.0. The van der Waals surface area contributed by atoms with Gasteiger partial charge in [0.2, 0.25) is 0 Å². The minimum Gasteiger partial charge on any atom is -0.494 e. The summed E-state index contributed by atoms with van der Waals surface area (Å²) in [7, 11) is 1.39. The highest BCUT2D eigenvalue weighted by molar-refractivity contribution is 5.94. The topological polar surface area (TPSA) is 54.1 Å². The SMILES string of the molecule is COc1ccc(C(=O)NCC(c2ccccc2)c2c[nH]c3ccccc23)cc1F. The van der Waals surface area contributed by atoms with Crippen LogP contribution in [0.15, 0.2) is 79.0 Å². The Hall–Kier alpha value is -3.60. The third-order valence-corrected chi connectivity index (χ3v) is 5.08. The Kier molecular flexibility index (Phi) is 5.29. The lowest BCUT2D eigenvalue weighted by atomic mass is 9.91. The van der Waals surface area contributed by atoms with Crippen LogP contribution in [0, 0.1) is 5.82 Å². The predicted molar refractivity (Wildman–Crippen MR) is 112 cm³/mol. The molecule has 0 saturated carbocycles. The van der Waals surface area contributed by atoms with Gasteiger partial charge < -0.3 is 15.0 Å². The Morgan fingerprint density at radius 2 is 1.83 bits per heavy atom. The number of fused-ring (bicyclic) bond motifs is 1. The largest absolute Gasteiger partial charge is 0.494 e. The molecule has 146 valence electrons. The lowest BCUT2D eigenvalue weighted by molar-refractivity contribution is 0.0952. The third kappa shape index (κ3) is 3.85. The van der Waals surface area contributed by atoms with Crippen molar-refractivity contribution in [3.05, 3.63) is 102 Å². The average molecular weight is 388 g/mol. The van der Waals surface area contributed by atoms with Crippen molar-refractivity contribution in [2.24, 2.45) is 0 Å². The van der Waals surface area contributed by atoms with Crippen LogP contribution in [0.5, 0.6) is 5.75 Å². The Morgan fingerprint density at radius 3 is 2.59 bits per heavy atom. The maximum Gasteiger partial charge on any atom is 0.251 e. The number of carbonyl (C=O) groups excluding carboxylic acids is 1. The van der Waals surface area contributed by atoms with Crippen molar-refractivity contribution in [2.45, 2.75) is 5.92 Å². The maximum atomic E-state index is 14.0. The highest BCUT2D eigenvalue weighted by Crippen LogP contribution is 2.30. The standard InChI is InChI=1S/C24H21FN2O2/c1-29-23-12-11-17(13-21(23)25)24(28)27-14-19(16-7-3-2-4-8-16)20-15-26-22-10-6-5-9-18(20)22/h2-13,15,19,26H,14H2,1H3,(H,27,28). The summed E-state index contributed by atoms with van der Waals surface area (Å²) in [4.78, 5) is 15.9. The number of H-pyrrole nitrogens is 1. The molecule has 1 amide bonds. The molecule has 5 heteroatoms. The number of benzene rings is 3. The van der Waals surface area contributed by atoms with E-state index in [1.165, 1.54) is 19.2 Å². The molecule has 0 bridgehead atoms. The number of hydrogen-bond donors (Lipinski definition) is 2. The van der Waals surface area contributed by atoms with Crippen LogP contribution in [-0.4, -0.2) is 24.5 Å². The van der Waals surface area contributed by atoms with Crippen LogP contribution in [0.4, 0.5) is 4.39 Å². The molecule has 0 aliphatic rings. The zero-order valence-electron chi connectivity index (χ0n) is 16.0. The molecule has 0 aliphatic heterocycles. The van der Waals surface area contributed by atoms with E-state index in [9.17, 15) is 9.18 Å². The van der Waals surface area contributed by atoms with Crippen molar-refractivity contribution in [3.8, 4) is 5.75 Å². The van der Waals surface area contributed by atoms with E-state index in [1.807, 2.05) is 54.7 Å². The molecule has 3 aromatic carbocycles. The second-order valence-corrected chi connectivity index (χ2v) is 6.81. The number of aromatic amines is 1. The lowest BCUT2D eigenvalue weighted by Crippen LogP contribution is -2.29. The molecule has 1 atom stereocenters. The third-order valence-electron chi connectivity index (χ3n) is 5.08. The fourth-order valence-electron chi connectivity index (χ4n) is 3.58. The number of carbonyl (C=O) groups is 1.